The smallest absolute Gasteiger partial charge is 0.220 e. The van der Waals surface area contributed by atoms with Crippen molar-refractivity contribution in [2.75, 3.05) is 19.6 Å². The maximum Gasteiger partial charge on any atom is 0.220 e. The fourth-order valence-electron chi connectivity index (χ4n) is 4.96. The minimum absolute atomic E-state index is 0.141. The van der Waals surface area contributed by atoms with Crippen LogP contribution < -0.4 is 5.32 Å². The fourth-order valence-corrected chi connectivity index (χ4v) is 4.96. The number of nitrogens with one attached hydrogen (secondary N) is 1. The van der Waals surface area contributed by atoms with Crippen LogP contribution in [0.15, 0.2) is 24.3 Å². The maximum absolute atomic E-state index is 12.6. The molecule has 1 atom stereocenters. The third-order valence-corrected chi connectivity index (χ3v) is 6.97. The second kappa shape index (κ2) is 17.9. The Balaban J connectivity index is 1.54. The van der Waals surface area contributed by atoms with E-state index in [1.165, 1.54) is 95.5 Å². The van der Waals surface area contributed by atoms with Crippen LogP contribution in [0, 0.1) is 0 Å². The molecule has 0 aliphatic carbocycles. The van der Waals surface area contributed by atoms with Gasteiger partial charge in [0.05, 0.1) is 0 Å². The maximum atomic E-state index is 12.6. The Labute approximate surface area is 203 Å². The first-order valence-electron chi connectivity index (χ1n) is 14.0. The third-order valence-electron chi connectivity index (χ3n) is 6.97. The molecule has 1 amide bonds. The van der Waals surface area contributed by atoms with Crippen LogP contribution >= 0.6 is 0 Å². The summed E-state index contributed by atoms with van der Waals surface area (Å²) in [5.41, 5.74) is 1.17. The molecule has 4 nitrogen and oxygen atoms in total. The Morgan fingerprint density at radius 1 is 0.848 bits per heavy atom. The van der Waals surface area contributed by atoms with E-state index in [4.69, 9.17) is 0 Å². The van der Waals surface area contributed by atoms with Crippen molar-refractivity contribution < 1.29 is 9.90 Å². The van der Waals surface area contributed by atoms with E-state index < -0.39 is 0 Å². The number of unbranched alkanes of at least 4 members (excludes halogenated alkanes) is 12. The zero-order valence-electron chi connectivity index (χ0n) is 21.3. The normalized spacial score (nSPS) is 15.1. The lowest BCUT2D eigenvalue weighted by molar-refractivity contribution is -0.122. The second-order valence-electron chi connectivity index (χ2n) is 10.1. The molecule has 1 unspecified atom stereocenters. The van der Waals surface area contributed by atoms with Crippen LogP contribution in [-0.4, -0.2) is 41.6 Å². The van der Waals surface area contributed by atoms with Crippen molar-refractivity contribution in [3.63, 3.8) is 0 Å². The summed E-state index contributed by atoms with van der Waals surface area (Å²) in [6, 6.07) is 7.53. The van der Waals surface area contributed by atoms with Gasteiger partial charge in [-0.2, -0.15) is 0 Å². The lowest BCUT2D eigenvalue weighted by atomic mass is 10.0. The number of hydrogen-bond acceptors (Lipinski definition) is 3. The van der Waals surface area contributed by atoms with Crippen LogP contribution in [-0.2, 0) is 11.2 Å². The van der Waals surface area contributed by atoms with Crippen LogP contribution in [0.5, 0.6) is 5.75 Å². The lowest BCUT2D eigenvalue weighted by Crippen LogP contribution is -2.44. The Bertz CT molecular complexity index is 611. The summed E-state index contributed by atoms with van der Waals surface area (Å²) >= 11 is 0. The molecule has 2 N–H and O–H groups in total. The summed E-state index contributed by atoms with van der Waals surface area (Å²) in [6.45, 7) is 5.48. The SMILES string of the molecule is CCCCCCCCCCCCCCCC(=O)NC(Cc1ccc(O)cc1)CN1CCCC1. The molecule has 4 heteroatoms. The number of amides is 1. The van der Waals surface area contributed by atoms with Gasteiger partial charge in [-0.15, -0.1) is 0 Å². The molecule has 1 saturated heterocycles. The molecule has 188 valence electrons. The fraction of sp³-hybridized carbons (Fsp3) is 0.759. The first-order valence-corrected chi connectivity index (χ1v) is 14.0. The molecule has 0 spiro atoms. The number of phenols is 1. The van der Waals surface area contributed by atoms with E-state index >= 15 is 0 Å². The molecule has 33 heavy (non-hydrogen) atoms. The van der Waals surface area contributed by atoms with Gasteiger partial charge in [0.25, 0.3) is 0 Å². The highest BCUT2D eigenvalue weighted by Gasteiger charge is 2.19. The minimum Gasteiger partial charge on any atom is -0.508 e. The predicted molar refractivity (Wildman–Crippen MR) is 140 cm³/mol. The highest BCUT2D eigenvalue weighted by molar-refractivity contribution is 5.76. The Kier molecular flexibility index (Phi) is 15.0. The van der Waals surface area contributed by atoms with E-state index in [-0.39, 0.29) is 11.9 Å². The van der Waals surface area contributed by atoms with Gasteiger partial charge in [-0.25, -0.2) is 0 Å². The molecule has 0 saturated carbocycles. The summed E-state index contributed by atoms with van der Waals surface area (Å²) in [4.78, 5) is 15.1. The van der Waals surface area contributed by atoms with Crippen molar-refractivity contribution in [1.82, 2.24) is 10.2 Å². The highest BCUT2D eigenvalue weighted by Crippen LogP contribution is 2.15. The van der Waals surface area contributed by atoms with Gasteiger partial charge in [0.15, 0.2) is 0 Å². The number of aromatic hydroxyl groups is 1. The minimum atomic E-state index is 0.141. The number of carbonyl (C=O) groups is 1. The molecule has 2 rings (SSSR count). The molecule has 0 aromatic heterocycles. The Hall–Kier alpha value is -1.55. The molecule has 1 heterocycles. The number of phenolic OH excluding ortho intramolecular Hbond substituents is 1. The lowest BCUT2D eigenvalue weighted by Gasteiger charge is -2.25. The van der Waals surface area contributed by atoms with Gasteiger partial charge in [0.2, 0.25) is 5.91 Å². The van der Waals surface area contributed by atoms with Crippen LogP contribution in [0.3, 0.4) is 0 Å². The second-order valence-corrected chi connectivity index (χ2v) is 10.1. The van der Waals surface area contributed by atoms with Gasteiger partial charge in [0.1, 0.15) is 5.75 Å². The van der Waals surface area contributed by atoms with Gasteiger partial charge in [-0.05, 0) is 56.5 Å². The van der Waals surface area contributed by atoms with Gasteiger partial charge in [0, 0.05) is 19.0 Å². The van der Waals surface area contributed by atoms with E-state index in [0.29, 0.717) is 12.2 Å². The largest absolute Gasteiger partial charge is 0.508 e. The van der Waals surface area contributed by atoms with Gasteiger partial charge in [-0.3, -0.25) is 4.79 Å². The first-order chi connectivity index (χ1) is 16.2. The number of likely N-dealkylation sites (tertiary alicyclic amines) is 1. The van der Waals surface area contributed by atoms with Gasteiger partial charge < -0.3 is 15.3 Å². The zero-order chi connectivity index (χ0) is 23.6. The third kappa shape index (κ3) is 13.7. The van der Waals surface area contributed by atoms with Crippen molar-refractivity contribution in [3.8, 4) is 5.75 Å². The van der Waals surface area contributed by atoms with Crippen LogP contribution in [0.4, 0.5) is 0 Å². The van der Waals surface area contributed by atoms with Crippen LogP contribution in [0.1, 0.15) is 115 Å². The average molecular weight is 459 g/mol. The number of benzene rings is 1. The average Bonchev–Trinajstić information content (AvgIpc) is 3.31. The topological polar surface area (TPSA) is 52.6 Å². The van der Waals surface area contributed by atoms with Crippen LogP contribution in [0.25, 0.3) is 0 Å². The standard InChI is InChI=1S/C29H50N2O2/c1-2-3-4-5-6-7-8-9-10-11-12-13-14-17-29(33)30-27(25-31-22-15-16-23-31)24-26-18-20-28(32)21-19-26/h18-21,27,32H,2-17,22-25H2,1H3,(H,30,33). The predicted octanol–water partition coefficient (Wildman–Crippen LogP) is 7.00. The molecular weight excluding hydrogens is 408 g/mol. The monoisotopic (exact) mass is 458 g/mol. The van der Waals surface area contributed by atoms with Crippen molar-refractivity contribution in [3.05, 3.63) is 29.8 Å². The molecule has 1 aromatic carbocycles. The number of rotatable bonds is 19. The molecule has 0 radical (unpaired) electrons. The van der Waals surface area contributed by atoms with E-state index in [0.717, 1.165) is 32.5 Å². The summed E-state index contributed by atoms with van der Waals surface area (Å²) in [5, 5.41) is 12.8. The van der Waals surface area contributed by atoms with Gasteiger partial charge >= 0.3 is 0 Å². The number of hydrogen-bond donors (Lipinski definition) is 2. The van der Waals surface area contributed by atoms with Crippen molar-refractivity contribution in [1.29, 1.82) is 0 Å². The summed E-state index contributed by atoms with van der Waals surface area (Å²) < 4.78 is 0. The molecule has 1 fully saturated rings. The molecule has 1 aliphatic rings. The molecule has 1 aromatic rings. The summed E-state index contributed by atoms with van der Waals surface area (Å²) in [6.07, 6.45) is 21.3. The molecule has 0 bridgehead atoms. The van der Waals surface area contributed by atoms with E-state index in [2.05, 4.69) is 17.1 Å². The number of carbonyl (C=O) groups excluding carboxylic acids is 1. The van der Waals surface area contributed by atoms with E-state index in [1.54, 1.807) is 12.1 Å². The Morgan fingerprint density at radius 3 is 1.91 bits per heavy atom. The van der Waals surface area contributed by atoms with Gasteiger partial charge in [-0.1, -0.05) is 96.1 Å². The van der Waals surface area contributed by atoms with Crippen molar-refractivity contribution >= 4 is 5.91 Å². The van der Waals surface area contributed by atoms with Crippen molar-refractivity contribution in [2.45, 2.75) is 122 Å². The van der Waals surface area contributed by atoms with Crippen molar-refractivity contribution in [2.24, 2.45) is 0 Å². The van der Waals surface area contributed by atoms with E-state index in [9.17, 15) is 9.90 Å². The first kappa shape index (κ1) is 27.7. The zero-order valence-corrected chi connectivity index (χ0v) is 21.3. The molecule has 1 aliphatic heterocycles. The van der Waals surface area contributed by atoms with Crippen LogP contribution in [0.2, 0.25) is 0 Å². The number of nitrogens with zero attached hydrogens (tertiary/aromatic N) is 1. The highest BCUT2D eigenvalue weighted by atomic mass is 16.3. The van der Waals surface area contributed by atoms with E-state index in [1.807, 2.05) is 12.1 Å². The summed E-state index contributed by atoms with van der Waals surface area (Å²) in [7, 11) is 0. The molecular formula is C29H50N2O2. The Morgan fingerprint density at radius 2 is 1.36 bits per heavy atom. The summed E-state index contributed by atoms with van der Waals surface area (Å²) in [5.74, 6) is 0.488. The quantitative estimate of drug-likeness (QED) is 0.220.